The monoisotopic (exact) mass is 269 g/mol. The number of hydrogen-bond acceptors (Lipinski definition) is 5. The molecule has 0 bridgehead atoms. The first kappa shape index (κ1) is 13.0. The van der Waals surface area contributed by atoms with Crippen LogP contribution in [-0.2, 0) is 6.42 Å². The van der Waals surface area contributed by atoms with Crippen molar-refractivity contribution in [2.75, 3.05) is 31.1 Å². The van der Waals surface area contributed by atoms with Crippen LogP contribution in [0.25, 0.3) is 11.4 Å². The number of aryl methyl sites for hydroxylation is 1. The molecule has 0 radical (unpaired) electrons. The molecule has 0 aromatic carbocycles. The Morgan fingerprint density at radius 2 is 2.10 bits per heavy atom. The lowest BCUT2D eigenvalue weighted by molar-refractivity contribution is 0.584. The molecule has 3 rings (SSSR count). The van der Waals surface area contributed by atoms with Gasteiger partial charge in [0.25, 0.3) is 0 Å². The van der Waals surface area contributed by atoms with Crippen molar-refractivity contribution < 1.29 is 0 Å². The van der Waals surface area contributed by atoms with E-state index in [9.17, 15) is 0 Å². The minimum atomic E-state index is 0.769. The van der Waals surface area contributed by atoms with Gasteiger partial charge >= 0.3 is 0 Å². The molecule has 1 N–H and O–H groups in total. The molecule has 0 aliphatic carbocycles. The molecular weight excluding hydrogens is 250 g/mol. The molecule has 5 heteroatoms. The van der Waals surface area contributed by atoms with E-state index in [0.717, 1.165) is 55.5 Å². The van der Waals surface area contributed by atoms with E-state index in [-0.39, 0.29) is 0 Å². The smallest absolute Gasteiger partial charge is 0.163 e. The standard InChI is InChI=1S/C15H19N5/c1-2-13-10-14(20-8-6-16-7-9-20)19-15(18-13)12-4-3-5-17-11-12/h3-5,10-11,16H,2,6-9H2,1H3. The summed E-state index contributed by atoms with van der Waals surface area (Å²) in [7, 11) is 0. The van der Waals surface area contributed by atoms with E-state index in [1.807, 2.05) is 18.3 Å². The Kier molecular flexibility index (Phi) is 3.87. The van der Waals surface area contributed by atoms with Crippen LogP contribution in [0.3, 0.4) is 0 Å². The van der Waals surface area contributed by atoms with Gasteiger partial charge in [0.1, 0.15) is 5.82 Å². The Labute approximate surface area is 119 Å². The minimum absolute atomic E-state index is 0.769. The highest BCUT2D eigenvalue weighted by Gasteiger charge is 2.14. The lowest BCUT2D eigenvalue weighted by Crippen LogP contribution is -2.44. The van der Waals surface area contributed by atoms with E-state index in [2.05, 4.69) is 33.2 Å². The highest BCUT2D eigenvalue weighted by Crippen LogP contribution is 2.20. The Morgan fingerprint density at radius 1 is 1.25 bits per heavy atom. The van der Waals surface area contributed by atoms with Gasteiger partial charge in [0, 0.05) is 55.9 Å². The predicted octanol–water partition coefficient (Wildman–Crippen LogP) is 1.51. The Balaban J connectivity index is 1.98. The van der Waals surface area contributed by atoms with Gasteiger partial charge in [-0.3, -0.25) is 4.98 Å². The van der Waals surface area contributed by atoms with Gasteiger partial charge in [0.2, 0.25) is 0 Å². The summed E-state index contributed by atoms with van der Waals surface area (Å²) in [5, 5.41) is 3.36. The van der Waals surface area contributed by atoms with Crippen molar-refractivity contribution in [3.63, 3.8) is 0 Å². The topological polar surface area (TPSA) is 53.9 Å². The van der Waals surface area contributed by atoms with Gasteiger partial charge < -0.3 is 10.2 Å². The summed E-state index contributed by atoms with van der Waals surface area (Å²) in [6.45, 7) is 6.12. The van der Waals surface area contributed by atoms with E-state index in [1.165, 1.54) is 0 Å². The van der Waals surface area contributed by atoms with Crippen LogP contribution in [0.1, 0.15) is 12.6 Å². The van der Waals surface area contributed by atoms with Crippen molar-refractivity contribution >= 4 is 5.82 Å². The number of rotatable bonds is 3. The van der Waals surface area contributed by atoms with Crippen LogP contribution in [0.4, 0.5) is 5.82 Å². The van der Waals surface area contributed by atoms with Gasteiger partial charge in [-0.05, 0) is 18.6 Å². The molecule has 5 nitrogen and oxygen atoms in total. The highest BCUT2D eigenvalue weighted by molar-refractivity contribution is 5.57. The third-order valence-corrected chi connectivity index (χ3v) is 3.49. The lowest BCUT2D eigenvalue weighted by atomic mass is 10.2. The fourth-order valence-electron chi connectivity index (χ4n) is 2.34. The molecule has 2 aromatic rings. The average molecular weight is 269 g/mol. The van der Waals surface area contributed by atoms with Gasteiger partial charge in [0.15, 0.2) is 5.82 Å². The van der Waals surface area contributed by atoms with Gasteiger partial charge in [-0.1, -0.05) is 6.92 Å². The van der Waals surface area contributed by atoms with Gasteiger partial charge in [0.05, 0.1) is 0 Å². The second-order valence-electron chi connectivity index (χ2n) is 4.87. The fourth-order valence-corrected chi connectivity index (χ4v) is 2.34. The summed E-state index contributed by atoms with van der Waals surface area (Å²) in [5.74, 6) is 1.79. The second kappa shape index (κ2) is 5.96. The third kappa shape index (κ3) is 2.77. The summed E-state index contributed by atoms with van der Waals surface area (Å²) < 4.78 is 0. The Hall–Kier alpha value is -2.01. The van der Waals surface area contributed by atoms with Crippen molar-refractivity contribution in [3.05, 3.63) is 36.3 Å². The number of nitrogens with zero attached hydrogens (tertiary/aromatic N) is 4. The Morgan fingerprint density at radius 3 is 2.80 bits per heavy atom. The maximum absolute atomic E-state index is 4.72. The molecule has 0 atom stereocenters. The van der Waals surface area contributed by atoms with Crippen molar-refractivity contribution in [2.45, 2.75) is 13.3 Å². The second-order valence-corrected chi connectivity index (χ2v) is 4.87. The first-order chi connectivity index (χ1) is 9.86. The molecule has 0 saturated carbocycles. The van der Waals surface area contributed by atoms with E-state index in [4.69, 9.17) is 4.98 Å². The van der Waals surface area contributed by atoms with E-state index in [1.54, 1.807) is 6.20 Å². The predicted molar refractivity (Wildman–Crippen MR) is 79.7 cm³/mol. The van der Waals surface area contributed by atoms with Crippen LogP contribution in [0.2, 0.25) is 0 Å². The number of anilines is 1. The van der Waals surface area contributed by atoms with Crippen LogP contribution in [0, 0.1) is 0 Å². The van der Waals surface area contributed by atoms with Crippen molar-refractivity contribution in [3.8, 4) is 11.4 Å². The van der Waals surface area contributed by atoms with E-state index < -0.39 is 0 Å². The lowest BCUT2D eigenvalue weighted by Gasteiger charge is -2.28. The number of aromatic nitrogens is 3. The van der Waals surface area contributed by atoms with Crippen LogP contribution in [0.5, 0.6) is 0 Å². The summed E-state index contributed by atoms with van der Waals surface area (Å²) in [4.78, 5) is 15.8. The number of piperazine rings is 1. The first-order valence-electron chi connectivity index (χ1n) is 7.11. The molecular formula is C15H19N5. The SMILES string of the molecule is CCc1cc(N2CCNCC2)nc(-c2cccnc2)n1. The molecule has 104 valence electrons. The zero-order chi connectivity index (χ0) is 13.8. The number of nitrogens with one attached hydrogen (secondary N) is 1. The van der Waals surface area contributed by atoms with Gasteiger partial charge in [-0.25, -0.2) is 9.97 Å². The molecule has 0 amide bonds. The molecule has 1 aliphatic rings. The zero-order valence-corrected chi connectivity index (χ0v) is 11.7. The fraction of sp³-hybridized carbons (Fsp3) is 0.400. The molecule has 1 saturated heterocycles. The average Bonchev–Trinajstić information content (AvgIpc) is 2.56. The minimum Gasteiger partial charge on any atom is -0.354 e. The number of pyridine rings is 1. The normalized spacial score (nSPS) is 15.3. The maximum atomic E-state index is 4.72. The maximum Gasteiger partial charge on any atom is 0.163 e. The van der Waals surface area contributed by atoms with Crippen LogP contribution >= 0.6 is 0 Å². The number of hydrogen-bond donors (Lipinski definition) is 1. The van der Waals surface area contributed by atoms with Crippen molar-refractivity contribution in [1.82, 2.24) is 20.3 Å². The first-order valence-corrected chi connectivity index (χ1v) is 7.11. The molecule has 2 aromatic heterocycles. The summed E-state index contributed by atoms with van der Waals surface area (Å²) in [6.07, 6.45) is 4.50. The van der Waals surface area contributed by atoms with Crippen LogP contribution < -0.4 is 10.2 Å². The summed E-state index contributed by atoms with van der Waals surface area (Å²) in [6, 6.07) is 6.02. The molecule has 1 fully saturated rings. The zero-order valence-electron chi connectivity index (χ0n) is 11.7. The van der Waals surface area contributed by atoms with Gasteiger partial charge in [-0.2, -0.15) is 0 Å². The molecule has 3 heterocycles. The third-order valence-electron chi connectivity index (χ3n) is 3.49. The quantitative estimate of drug-likeness (QED) is 0.915. The molecule has 0 spiro atoms. The Bertz CT molecular complexity index is 564. The van der Waals surface area contributed by atoms with Crippen molar-refractivity contribution in [2.24, 2.45) is 0 Å². The van der Waals surface area contributed by atoms with E-state index >= 15 is 0 Å². The molecule has 0 unspecified atom stereocenters. The van der Waals surface area contributed by atoms with Crippen molar-refractivity contribution in [1.29, 1.82) is 0 Å². The summed E-state index contributed by atoms with van der Waals surface area (Å²) >= 11 is 0. The van der Waals surface area contributed by atoms with Crippen LogP contribution in [0.15, 0.2) is 30.6 Å². The molecule has 20 heavy (non-hydrogen) atoms. The highest BCUT2D eigenvalue weighted by atomic mass is 15.2. The largest absolute Gasteiger partial charge is 0.354 e. The van der Waals surface area contributed by atoms with Crippen LogP contribution in [-0.4, -0.2) is 41.1 Å². The molecule has 1 aliphatic heterocycles. The van der Waals surface area contributed by atoms with Gasteiger partial charge in [-0.15, -0.1) is 0 Å². The summed E-state index contributed by atoms with van der Waals surface area (Å²) in [5.41, 5.74) is 2.05. The van der Waals surface area contributed by atoms with E-state index in [0.29, 0.717) is 0 Å².